The molecule has 0 fully saturated rings. The molecule has 0 aliphatic carbocycles. The average molecular weight is 253 g/mol. The fourth-order valence-corrected chi connectivity index (χ4v) is 1.72. The molecule has 1 rings (SSSR count). The first-order chi connectivity index (χ1) is 8.56. The van der Waals surface area contributed by atoms with Gasteiger partial charge in [0.1, 0.15) is 0 Å². The summed E-state index contributed by atoms with van der Waals surface area (Å²) in [4.78, 5) is 0. The van der Waals surface area contributed by atoms with E-state index in [0.717, 1.165) is 25.1 Å². The van der Waals surface area contributed by atoms with Gasteiger partial charge in [0.05, 0.1) is 18.4 Å². The number of likely N-dealkylation sites (N-methyl/N-ethyl adjacent to an activating group) is 1. The average Bonchev–Trinajstić information content (AvgIpc) is 2.81. The second-order valence-electron chi connectivity index (χ2n) is 5.12. The zero-order valence-electron chi connectivity index (χ0n) is 12.3. The van der Waals surface area contributed by atoms with E-state index in [-0.39, 0.29) is 6.10 Å². The maximum atomic E-state index is 5.65. The monoisotopic (exact) mass is 253 g/mol. The van der Waals surface area contributed by atoms with E-state index in [0.29, 0.717) is 12.1 Å². The standard InChI is InChI=1S/C14H27N3O/c1-6-12(4)17-8-7-13(16-17)9-14(15-5)10-18-11(2)3/h7-8,11-12,14-15H,6,9-10H2,1-5H3. The van der Waals surface area contributed by atoms with Crippen LogP contribution in [0.25, 0.3) is 0 Å². The molecule has 2 atom stereocenters. The van der Waals surface area contributed by atoms with Crippen molar-refractivity contribution in [3.05, 3.63) is 18.0 Å². The van der Waals surface area contributed by atoms with Crippen LogP contribution in [0.1, 0.15) is 45.9 Å². The number of nitrogens with zero attached hydrogens (tertiary/aromatic N) is 2. The quantitative estimate of drug-likeness (QED) is 0.773. The van der Waals surface area contributed by atoms with Crippen molar-refractivity contribution in [1.29, 1.82) is 0 Å². The lowest BCUT2D eigenvalue weighted by molar-refractivity contribution is 0.0625. The van der Waals surface area contributed by atoms with E-state index in [2.05, 4.69) is 50.4 Å². The van der Waals surface area contributed by atoms with E-state index >= 15 is 0 Å². The van der Waals surface area contributed by atoms with E-state index < -0.39 is 0 Å². The zero-order chi connectivity index (χ0) is 13.5. The summed E-state index contributed by atoms with van der Waals surface area (Å²) in [6, 6.07) is 2.90. The van der Waals surface area contributed by atoms with E-state index in [1.165, 1.54) is 0 Å². The molecule has 0 saturated heterocycles. The summed E-state index contributed by atoms with van der Waals surface area (Å²) in [5.74, 6) is 0. The molecule has 4 nitrogen and oxygen atoms in total. The Morgan fingerprint density at radius 3 is 2.67 bits per heavy atom. The molecule has 2 unspecified atom stereocenters. The molecule has 0 aliphatic rings. The number of nitrogens with one attached hydrogen (secondary N) is 1. The van der Waals surface area contributed by atoms with Gasteiger partial charge in [-0.1, -0.05) is 6.92 Å². The SMILES string of the molecule is CCC(C)n1ccc(CC(COC(C)C)NC)n1. The summed E-state index contributed by atoms with van der Waals surface area (Å²) in [7, 11) is 1.97. The third kappa shape index (κ3) is 4.78. The number of rotatable bonds is 8. The Hall–Kier alpha value is -0.870. The molecule has 0 aliphatic heterocycles. The van der Waals surface area contributed by atoms with Crippen molar-refractivity contribution in [2.24, 2.45) is 0 Å². The molecule has 0 aromatic carbocycles. The highest BCUT2D eigenvalue weighted by molar-refractivity contribution is 5.02. The van der Waals surface area contributed by atoms with Crippen molar-refractivity contribution in [2.75, 3.05) is 13.7 Å². The van der Waals surface area contributed by atoms with Gasteiger partial charge in [0.15, 0.2) is 0 Å². The predicted molar refractivity (Wildman–Crippen MR) is 74.9 cm³/mol. The molecule has 0 spiro atoms. The molecule has 1 aromatic rings. The van der Waals surface area contributed by atoms with Crippen LogP contribution in [0.3, 0.4) is 0 Å². The summed E-state index contributed by atoms with van der Waals surface area (Å²) in [6.07, 6.45) is 4.36. The van der Waals surface area contributed by atoms with Crippen LogP contribution in [0.15, 0.2) is 12.3 Å². The molecule has 1 heterocycles. The Balaban J connectivity index is 2.51. The van der Waals surface area contributed by atoms with E-state index in [9.17, 15) is 0 Å². The van der Waals surface area contributed by atoms with Gasteiger partial charge in [-0.15, -0.1) is 0 Å². The molecule has 1 N–H and O–H groups in total. The van der Waals surface area contributed by atoms with Crippen molar-refractivity contribution in [3.8, 4) is 0 Å². The summed E-state index contributed by atoms with van der Waals surface area (Å²) in [5.41, 5.74) is 1.13. The number of ether oxygens (including phenoxy) is 1. The lowest BCUT2D eigenvalue weighted by Gasteiger charge is -2.17. The third-order valence-corrected chi connectivity index (χ3v) is 3.20. The van der Waals surface area contributed by atoms with Crippen LogP contribution in [0.2, 0.25) is 0 Å². The van der Waals surface area contributed by atoms with Gasteiger partial charge in [0, 0.05) is 24.7 Å². The summed E-state index contributed by atoms with van der Waals surface area (Å²) in [6.45, 7) is 9.21. The fraction of sp³-hybridized carbons (Fsp3) is 0.786. The van der Waals surface area contributed by atoms with E-state index in [1.54, 1.807) is 0 Å². The second kappa shape index (κ2) is 7.54. The highest BCUT2D eigenvalue weighted by Crippen LogP contribution is 2.10. The fourth-order valence-electron chi connectivity index (χ4n) is 1.72. The second-order valence-corrected chi connectivity index (χ2v) is 5.12. The molecule has 0 saturated carbocycles. The molecule has 104 valence electrons. The minimum atomic E-state index is 0.276. The Labute approximate surface area is 111 Å². The minimum absolute atomic E-state index is 0.276. The molecular formula is C14H27N3O. The Morgan fingerprint density at radius 2 is 2.11 bits per heavy atom. The number of hydrogen-bond acceptors (Lipinski definition) is 3. The van der Waals surface area contributed by atoms with Gasteiger partial charge < -0.3 is 10.1 Å². The first kappa shape index (κ1) is 15.2. The molecule has 0 bridgehead atoms. The first-order valence-corrected chi connectivity index (χ1v) is 6.89. The Morgan fingerprint density at radius 1 is 1.39 bits per heavy atom. The molecular weight excluding hydrogens is 226 g/mol. The highest BCUT2D eigenvalue weighted by atomic mass is 16.5. The maximum Gasteiger partial charge on any atom is 0.0641 e. The van der Waals surface area contributed by atoms with Crippen molar-refractivity contribution in [1.82, 2.24) is 15.1 Å². The van der Waals surface area contributed by atoms with Crippen LogP contribution < -0.4 is 5.32 Å². The number of aromatic nitrogens is 2. The summed E-state index contributed by atoms with van der Waals surface area (Å²) < 4.78 is 7.69. The highest BCUT2D eigenvalue weighted by Gasteiger charge is 2.11. The van der Waals surface area contributed by atoms with Crippen LogP contribution in [0, 0.1) is 0 Å². The zero-order valence-corrected chi connectivity index (χ0v) is 12.3. The van der Waals surface area contributed by atoms with Gasteiger partial charge in [0.25, 0.3) is 0 Å². The third-order valence-electron chi connectivity index (χ3n) is 3.20. The smallest absolute Gasteiger partial charge is 0.0641 e. The van der Waals surface area contributed by atoms with Gasteiger partial charge >= 0.3 is 0 Å². The van der Waals surface area contributed by atoms with Crippen molar-refractivity contribution in [3.63, 3.8) is 0 Å². The van der Waals surface area contributed by atoms with Crippen molar-refractivity contribution >= 4 is 0 Å². The van der Waals surface area contributed by atoms with E-state index in [4.69, 9.17) is 4.74 Å². The van der Waals surface area contributed by atoms with Gasteiger partial charge in [0.2, 0.25) is 0 Å². The van der Waals surface area contributed by atoms with E-state index in [1.807, 2.05) is 11.7 Å². The predicted octanol–water partition coefficient (Wildman–Crippen LogP) is 2.41. The lowest BCUT2D eigenvalue weighted by Crippen LogP contribution is -2.33. The molecule has 0 radical (unpaired) electrons. The first-order valence-electron chi connectivity index (χ1n) is 6.89. The normalized spacial score (nSPS) is 15.0. The van der Waals surface area contributed by atoms with Gasteiger partial charge in [-0.3, -0.25) is 4.68 Å². The number of hydrogen-bond donors (Lipinski definition) is 1. The lowest BCUT2D eigenvalue weighted by atomic mass is 10.2. The molecule has 18 heavy (non-hydrogen) atoms. The largest absolute Gasteiger partial charge is 0.377 e. The van der Waals surface area contributed by atoms with Crippen molar-refractivity contribution in [2.45, 2.75) is 58.7 Å². The van der Waals surface area contributed by atoms with Crippen LogP contribution >= 0.6 is 0 Å². The van der Waals surface area contributed by atoms with Crippen LogP contribution in [-0.2, 0) is 11.2 Å². The van der Waals surface area contributed by atoms with Gasteiger partial charge in [-0.25, -0.2) is 0 Å². The van der Waals surface area contributed by atoms with Crippen LogP contribution in [-0.4, -0.2) is 35.6 Å². The molecule has 4 heteroatoms. The Bertz CT molecular complexity index is 336. The molecule has 1 aromatic heterocycles. The summed E-state index contributed by atoms with van der Waals surface area (Å²) in [5, 5.41) is 7.90. The van der Waals surface area contributed by atoms with Crippen molar-refractivity contribution < 1.29 is 4.74 Å². The maximum absolute atomic E-state index is 5.65. The minimum Gasteiger partial charge on any atom is -0.377 e. The van der Waals surface area contributed by atoms with Crippen LogP contribution in [0.4, 0.5) is 0 Å². The Kier molecular flexibility index (Phi) is 6.36. The van der Waals surface area contributed by atoms with Crippen LogP contribution in [0.5, 0.6) is 0 Å². The topological polar surface area (TPSA) is 39.1 Å². The molecule has 0 amide bonds. The van der Waals surface area contributed by atoms with Gasteiger partial charge in [-0.05, 0) is 40.3 Å². The van der Waals surface area contributed by atoms with Gasteiger partial charge in [-0.2, -0.15) is 5.10 Å². The summed E-state index contributed by atoms with van der Waals surface area (Å²) >= 11 is 0.